The Hall–Kier alpha value is -3.21. The molecule has 5 nitrogen and oxygen atoms in total. The minimum atomic E-state index is 0.592. The van der Waals surface area contributed by atoms with Crippen LogP contribution in [0.15, 0.2) is 73.4 Å². The van der Waals surface area contributed by atoms with Crippen molar-refractivity contribution in [3.05, 3.63) is 73.4 Å². The lowest BCUT2D eigenvalue weighted by molar-refractivity contribution is 1.06. The van der Waals surface area contributed by atoms with Crippen molar-refractivity contribution in [3.8, 4) is 5.69 Å². The number of anilines is 2. The molecule has 0 bridgehead atoms. The summed E-state index contributed by atoms with van der Waals surface area (Å²) >= 11 is 0. The summed E-state index contributed by atoms with van der Waals surface area (Å²) in [6.45, 7) is 0. The van der Waals surface area contributed by atoms with E-state index >= 15 is 0 Å². The zero-order valence-electron chi connectivity index (χ0n) is 11.7. The standard InChI is InChI=1S/C17H13N5/c1-2-4-16-13(3-1)11-19-17(21-16)20-14-5-7-15(8-6-14)22-10-9-18-12-22/h1-12H,(H,19,20,21). The minimum absolute atomic E-state index is 0.592. The molecule has 0 unspecified atom stereocenters. The first kappa shape index (κ1) is 12.5. The largest absolute Gasteiger partial charge is 0.324 e. The number of benzene rings is 2. The van der Waals surface area contributed by atoms with E-state index in [1.54, 1.807) is 12.5 Å². The maximum absolute atomic E-state index is 4.51. The molecule has 0 amide bonds. The number of fused-ring (bicyclic) bond motifs is 1. The van der Waals surface area contributed by atoms with E-state index in [9.17, 15) is 0 Å². The highest BCUT2D eigenvalue weighted by Crippen LogP contribution is 2.18. The normalized spacial score (nSPS) is 10.7. The van der Waals surface area contributed by atoms with Crippen LogP contribution in [-0.4, -0.2) is 19.5 Å². The van der Waals surface area contributed by atoms with Crippen molar-refractivity contribution >= 4 is 22.5 Å². The van der Waals surface area contributed by atoms with E-state index in [0.717, 1.165) is 22.3 Å². The summed E-state index contributed by atoms with van der Waals surface area (Å²) in [5.41, 5.74) is 2.93. The molecule has 22 heavy (non-hydrogen) atoms. The highest BCUT2D eigenvalue weighted by atomic mass is 15.1. The van der Waals surface area contributed by atoms with Gasteiger partial charge in [0.25, 0.3) is 0 Å². The predicted octanol–water partition coefficient (Wildman–Crippen LogP) is 3.56. The molecule has 0 saturated heterocycles. The van der Waals surface area contributed by atoms with Gasteiger partial charge in [0.2, 0.25) is 5.95 Å². The van der Waals surface area contributed by atoms with Gasteiger partial charge in [0.1, 0.15) is 0 Å². The summed E-state index contributed by atoms with van der Waals surface area (Å²) in [5.74, 6) is 0.592. The second-order valence-electron chi connectivity index (χ2n) is 4.89. The van der Waals surface area contributed by atoms with E-state index < -0.39 is 0 Å². The van der Waals surface area contributed by atoms with Crippen molar-refractivity contribution in [2.24, 2.45) is 0 Å². The molecule has 2 aromatic carbocycles. The molecule has 2 heterocycles. The lowest BCUT2D eigenvalue weighted by Crippen LogP contribution is -1.97. The van der Waals surface area contributed by atoms with Crippen LogP contribution in [0.1, 0.15) is 0 Å². The molecule has 0 radical (unpaired) electrons. The second kappa shape index (κ2) is 5.29. The lowest BCUT2D eigenvalue weighted by Gasteiger charge is -2.07. The number of imidazole rings is 1. The summed E-state index contributed by atoms with van der Waals surface area (Å²) in [7, 11) is 0. The first-order chi connectivity index (χ1) is 10.9. The fourth-order valence-corrected chi connectivity index (χ4v) is 2.29. The number of nitrogens with one attached hydrogen (secondary N) is 1. The number of nitrogens with zero attached hydrogens (tertiary/aromatic N) is 4. The van der Waals surface area contributed by atoms with E-state index in [2.05, 4.69) is 20.3 Å². The molecule has 4 aromatic rings. The molecule has 0 aliphatic rings. The molecule has 0 aliphatic carbocycles. The van der Waals surface area contributed by atoms with Crippen LogP contribution in [0, 0.1) is 0 Å². The Morgan fingerprint density at radius 3 is 2.64 bits per heavy atom. The van der Waals surface area contributed by atoms with E-state index in [0.29, 0.717) is 5.95 Å². The molecule has 2 aromatic heterocycles. The van der Waals surface area contributed by atoms with Crippen LogP contribution in [0.2, 0.25) is 0 Å². The molecule has 1 N–H and O–H groups in total. The van der Waals surface area contributed by atoms with E-state index in [1.807, 2.05) is 65.5 Å². The van der Waals surface area contributed by atoms with Crippen LogP contribution in [0.3, 0.4) is 0 Å². The van der Waals surface area contributed by atoms with Gasteiger partial charge in [-0.2, -0.15) is 0 Å². The quantitative estimate of drug-likeness (QED) is 0.626. The monoisotopic (exact) mass is 287 g/mol. The van der Waals surface area contributed by atoms with E-state index in [1.165, 1.54) is 0 Å². The van der Waals surface area contributed by atoms with Crippen molar-refractivity contribution in [3.63, 3.8) is 0 Å². The van der Waals surface area contributed by atoms with Gasteiger partial charge in [0.05, 0.1) is 11.8 Å². The number of hydrogen-bond acceptors (Lipinski definition) is 4. The third-order valence-electron chi connectivity index (χ3n) is 3.42. The Labute approximate surface area is 127 Å². The SMILES string of the molecule is c1ccc2nc(Nc3ccc(-n4ccnc4)cc3)ncc2c1. The molecule has 0 fully saturated rings. The third-order valence-corrected chi connectivity index (χ3v) is 3.42. The molecular formula is C17H13N5. The smallest absolute Gasteiger partial charge is 0.227 e. The zero-order chi connectivity index (χ0) is 14.8. The molecule has 0 atom stereocenters. The average molecular weight is 287 g/mol. The number of para-hydroxylation sites is 1. The maximum Gasteiger partial charge on any atom is 0.227 e. The van der Waals surface area contributed by atoms with Gasteiger partial charge in [-0.15, -0.1) is 0 Å². The molecule has 0 saturated carbocycles. The van der Waals surface area contributed by atoms with Gasteiger partial charge in [0.15, 0.2) is 0 Å². The number of aromatic nitrogens is 4. The summed E-state index contributed by atoms with van der Waals surface area (Å²) < 4.78 is 1.95. The van der Waals surface area contributed by atoms with Crippen molar-refractivity contribution in [1.82, 2.24) is 19.5 Å². The molecule has 4 rings (SSSR count). The van der Waals surface area contributed by atoms with Gasteiger partial charge in [-0.3, -0.25) is 0 Å². The third kappa shape index (κ3) is 2.40. The Kier molecular flexibility index (Phi) is 3.01. The molecule has 5 heteroatoms. The van der Waals surface area contributed by atoms with Gasteiger partial charge in [-0.25, -0.2) is 15.0 Å². The van der Waals surface area contributed by atoms with Crippen LogP contribution in [0.25, 0.3) is 16.6 Å². The van der Waals surface area contributed by atoms with Gasteiger partial charge < -0.3 is 9.88 Å². The van der Waals surface area contributed by atoms with Crippen molar-refractivity contribution in [1.29, 1.82) is 0 Å². The summed E-state index contributed by atoms with van der Waals surface area (Å²) in [4.78, 5) is 12.9. The fourth-order valence-electron chi connectivity index (χ4n) is 2.29. The molecule has 106 valence electrons. The Morgan fingerprint density at radius 2 is 1.82 bits per heavy atom. The Balaban J connectivity index is 1.59. The summed E-state index contributed by atoms with van der Waals surface area (Å²) in [6.07, 6.45) is 7.27. The highest BCUT2D eigenvalue weighted by molar-refractivity contribution is 5.78. The van der Waals surface area contributed by atoms with Crippen LogP contribution in [-0.2, 0) is 0 Å². The number of rotatable bonds is 3. The second-order valence-corrected chi connectivity index (χ2v) is 4.89. The maximum atomic E-state index is 4.51. The van der Waals surface area contributed by atoms with E-state index in [-0.39, 0.29) is 0 Å². The van der Waals surface area contributed by atoms with Crippen LogP contribution in [0.4, 0.5) is 11.6 Å². The highest BCUT2D eigenvalue weighted by Gasteiger charge is 2.01. The van der Waals surface area contributed by atoms with Gasteiger partial charge >= 0.3 is 0 Å². The van der Waals surface area contributed by atoms with Gasteiger partial charge in [-0.1, -0.05) is 18.2 Å². The van der Waals surface area contributed by atoms with Crippen LogP contribution < -0.4 is 5.32 Å². The first-order valence-corrected chi connectivity index (χ1v) is 6.96. The van der Waals surface area contributed by atoms with Crippen LogP contribution in [0.5, 0.6) is 0 Å². The first-order valence-electron chi connectivity index (χ1n) is 6.96. The Bertz CT molecular complexity index is 898. The number of hydrogen-bond donors (Lipinski definition) is 1. The van der Waals surface area contributed by atoms with Crippen molar-refractivity contribution in [2.75, 3.05) is 5.32 Å². The summed E-state index contributed by atoms with van der Waals surface area (Å²) in [6, 6.07) is 16.0. The lowest BCUT2D eigenvalue weighted by atomic mass is 10.2. The van der Waals surface area contributed by atoms with Crippen molar-refractivity contribution in [2.45, 2.75) is 0 Å². The summed E-state index contributed by atoms with van der Waals surface area (Å²) in [5, 5.41) is 4.25. The molecule has 0 aliphatic heterocycles. The van der Waals surface area contributed by atoms with Gasteiger partial charge in [-0.05, 0) is 30.3 Å². The fraction of sp³-hybridized carbons (Fsp3) is 0. The average Bonchev–Trinajstić information content (AvgIpc) is 3.10. The Morgan fingerprint density at radius 1 is 0.955 bits per heavy atom. The minimum Gasteiger partial charge on any atom is -0.324 e. The van der Waals surface area contributed by atoms with Gasteiger partial charge in [0, 0.05) is 35.4 Å². The molecular weight excluding hydrogens is 274 g/mol. The zero-order valence-corrected chi connectivity index (χ0v) is 11.7. The topological polar surface area (TPSA) is 55.6 Å². The van der Waals surface area contributed by atoms with Crippen molar-refractivity contribution < 1.29 is 0 Å². The predicted molar refractivity (Wildman–Crippen MR) is 86.4 cm³/mol. The molecule has 0 spiro atoms. The van der Waals surface area contributed by atoms with Crippen LogP contribution >= 0.6 is 0 Å². The van der Waals surface area contributed by atoms with E-state index in [4.69, 9.17) is 0 Å².